The van der Waals surface area contributed by atoms with Gasteiger partial charge in [-0.15, -0.1) is 0 Å². The summed E-state index contributed by atoms with van der Waals surface area (Å²) in [5, 5.41) is 2.91. The standard InChI is InChI=1S/C14H17N3O2/c1-10-6-11(8-15-7-10)17-9-12(18)16-14(13(17)19)4-2-3-5-14/h6-8H,2-5,9H2,1H3,(H,16,18). The number of aryl methyl sites for hydroxylation is 1. The first-order valence-corrected chi connectivity index (χ1v) is 6.65. The topological polar surface area (TPSA) is 62.3 Å². The van der Waals surface area contributed by atoms with Crippen molar-refractivity contribution in [2.75, 3.05) is 11.4 Å². The molecular weight excluding hydrogens is 242 g/mol. The van der Waals surface area contributed by atoms with Crippen LogP contribution in [0.25, 0.3) is 0 Å². The second-order valence-electron chi connectivity index (χ2n) is 5.45. The van der Waals surface area contributed by atoms with E-state index in [0.717, 1.165) is 31.2 Å². The lowest BCUT2D eigenvalue weighted by Crippen LogP contribution is -2.65. The molecule has 100 valence electrons. The molecule has 1 aromatic heterocycles. The van der Waals surface area contributed by atoms with Crippen molar-refractivity contribution in [1.82, 2.24) is 10.3 Å². The van der Waals surface area contributed by atoms with Crippen molar-refractivity contribution in [3.05, 3.63) is 24.0 Å². The first-order chi connectivity index (χ1) is 9.11. The van der Waals surface area contributed by atoms with Gasteiger partial charge < -0.3 is 5.32 Å². The number of anilines is 1. The van der Waals surface area contributed by atoms with Crippen molar-refractivity contribution in [3.63, 3.8) is 0 Å². The molecule has 0 aromatic carbocycles. The molecule has 1 spiro atoms. The van der Waals surface area contributed by atoms with E-state index in [9.17, 15) is 9.59 Å². The Morgan fingerprint density at radius 1 is 1.26 bits per heavy atom. The monoisotopic (exact) mass is 259 g/mol. The lowest BCUT2D eigenvalue weighted by atomic mass is 9.93. The number of rotatable bonds is 1. The second kappa shape index (κ2) is 4.33. The third-order valence-electron chi connectivity index (χ3n) is 3.96. The van der Waals surface area contributed by atoms with Crippen molar-refractivity contribution >= 4 is 17.5 Å². The molecule has 5 nitrogen and oxygen atoms in total. The van der Waals surface area contributed by atoms with E-state index in [1.165, 1.54) is 0 Å². The van der Waals surface area contributed by atoms with Crippen molar-refractivity contribution in [3.8, 4) is 0 Å². The van der Waals surface area contributed by atoms with Gasteiger partial charge >= 0.3 is 0 Å². The predicted octanol–water partition coefficient (Wildman–Crippen LogP) is 1.17. The number of aromatic nitrogens is 1. The maximum absolute atomic E-state index is 12.7. The Hall–Kier alpha value is -1.91. The van der Waals surface area contributed by atoms with Crippen LogP contribution in [0.1, 0.15) is 31.2 Å². The number of hydrogen-bond donors (Lipinski definition) is 1. The first-order valence-electron chi connectivity index (χ1n) is 6.65. The fourth-order valence-electron chi connectivity index (χ4n) is 3.05. The fraction of sp³-hybridized carbons (Fsp3) is 0.500. The maximum Gasteiger partial charge on any atom is 0.253 e. The van der Waals surface area contributed by atoms with Crippen LogP contribution in [0.15, 0.2) is 18.5 Å². The van der Waals surface area contributed by atoms with E-state index in [0.29, 0.717) is 5.69 Å². The summed E-state index contributed by atoms with van der Waals surface area (Å²) in [4.78, 5) is 30.3. The average molecular weight is 259 g/mol. The lowest BCUT2D eigenvalue weighted by molar-refractivity contribution is -0.135. The average Bonchev–Trinajstić information content (AvgIpc) is 2.83. The van der Waals surface area contributed by atoms with E-state index < -0.39 is 5.54 Å². The molecule has 1 saturated carbocycles. The Labute approximate surface area is 112 Å². The lowest BCUT2D eigenvalue weighted by Gasteiger charge is -2.39. The molecule has 0 unspecified atom stereocenters. The number of hydrogen-bond acceptors (Lipinski definition) is 3. The maximum atomic E-state index is 12.7. The molecule has 1 aromatic rings. The molecule has 19 heavy (non-hydrogen) atoms. The molecule has 0 radical (unpaired) electrons. The van der Waals surface area contributed by atoms with Crippen molar-refractivity contribution in [1.29, 1.82) is 0 Å². The van der Waals surface area contributed by atoms with Crippen LogP contribution in [0.5, 0.6) is 0 Å². The molecule has 2 amide bonds. The predicted molar refractivity (Wildman–Crippen MR) is 70.7 cm³/mol. The number of carbonyl (C=O) groups is 2. The van der Waals surface area contributed by atoms with Crippen molar-refractivity contribution < 1.29 is 9.59 Å². The quantitative estimate of drug-likeness (QED) is 0.823. The molecule has 2 aliphatic rings. The highest BCUT2D eigenvalue weighted by Gasteiger charge is 2.48. The summed E-state index contributed by atoms with van der Waals surface area (Å²) in [5.74, 6) is -0.0694. The summed E-state index contributed by atoms with van der Waals surface area (Å²) >= 11 is 0. The highest BCUT2D eigenvalue weighted by Crippen LogP contribution is 2.34. The molecule has 0 bridgehead atoms. The SMILES string of the molecule is Cc1cncc(N2CC(=O)NC3(CCCC3)C2=O)c1. The summed E-state index contributed by atoms with van der Waals surface area (Å²) in [6.45, 7) is 2.02. The van der Waals surface area contributed by atoms with E-state index in [1.54, 1.807) is 17.3 Å². The van der Waals surface area contributed by atoms with Gasteiger partial charge in [-0.1, -0.05) is 12.8 Å². The van der Waals surface area contributed by atoms with Crippen molar-refractivity contribution in [2.24, 2.45) is 0 Å². The molecule has 0 atom stereocenters. The van der Waals surface area contributed by atoms with Gasteiger partial charge in [0.1, 0.15) is 12.1 Å². The van der Waals surface area contributed by atoms with Crippen LogP contribution in [-0.2, 0) is 9.59 Å². The molecule has 1 aliphatic heterocycles. The fourth-order valence-corrected chi connectivity index (χ4v) is 3.05. The number of nitrogens with zero attached hydrogens (tertiary/aromatic N) is 2. The van der Waals surface area contributed by atoms with E-state index in [-0.39, 0.29) is 18.4 Å². The summed E-state index contributed by atoms with van der Waals surface area (Å²) in [6, 6.07) is 1.89. The van der Waals surface area contributed by atoms with Gasteiger partial charge in [0.05, 0.1) is 11.9 Å². The number of carbonyl (C=O) groups excluding carboxylic acids is 2. The zero-order valence-electron chi connectivity index (χ0n) is 11.0. The van der Waals surface area contributed by atoms with Gasteiger partial charge in [-0.2, -0.15) is 0 Å². The zero-order chi connectivity index (χ0) is 13.5. The van der Waals surface area contributed by atoms with Crippen LogP contribution in [0.4, 0.5) is 5.69 Å². The van der Waals surface area contributed by atoms with Crippen LogP contribution in [0, 0.1) is 6.92 Å². The summed E-state index contributed by atoms with van der Waals surface area (Å²) in [5.41, 5.74) is 1.03. The normalized spacial score (nSPS) is 21.8. The van der Waals surface area contributed by atoms with E-state index >= 15 is 0 Å². The number of piperazine rings is 1. The third kappa shape index (κ3) is 1.99. The number of pyridine rings is 1. The summed E-state index contributed by atoms with van der Waals surface area (Å²) in [6.07, 6.45) is 6.86. The van der Waals surface area contributed by atoms with Crippen LogP contribution in [0.3, 0.4) is 0 Å². The van der Waals surface area contributed by atoms with E-state index in [1.807, 2.05) is 13.0 Å². The Kier molecular flexibility index (Phi) is 2.77. The summed E-state index contributed by atoms with van der Waals surface area (Å²) < 4.78 is 0. The number of amides is 2. The van der Waals surface area contributed by atoms with Gasteiger partial charge in [0, 0.05) is 6.20 Å². The molecule has 5 heteroatoms. The third-order valence-corrected chi connectivity index (χ3v) is 3.96. The number of nitrogens with one attached hydrogen (secondary N) is 1. The van der Waals surface area contributed by atoms with Crippen LogP contribution >= 0.6 is 0 Å². The minimum atomic E-state index is -0.668. The van der Waals surface area contributed by atoms with E-state index in [2.05, 4.69) is 10.3 Å². The molecule has 2 fully saturated rings. The Morgan fingerprint density at radius 2 is 2.00 bits per heavy atom. The highest BCUT2D eigenvalue weighted by atomic mass is 16.2. The largest absolute Gasteiger partial charge is 0.340 e. The smallest absolute Gasteiger partial charge is 0.253 e. The Balaban J connectivity index is 1.97. The molecule has 2 heterocycles. The van der Waals surface area contributed by atoms with Crippen LogP contribution in [0.2, 0.25) is 0 Å². The molecule has 3 rings (SSSR count). The van der Waals surface area contributed by atoms with Gasteiger partial charge in [0.15, 0.2) is 0 Å². The molecule has 1 saturated heterocycles. The van der Waals surface area contributed by atoms with Crippen LogP contribution in [-0.4, -0.2) is 28.9 Å². The molecule has 1 aliphatic carbocycles. The summed E-state index contributed by atoms with van der Waals surface area (Å²) in [7, 11) is 0. The Bertz CT molecular complexity index is 535. The highest BCUT2D eigenvalue weighted by molar-refractivity contribution is 6.09. The van der Waals surface area contributed by atoms with E-state index in [4.69, 9.17) is 0 Å². The van der Waals surface area contributed by atoms with Crippen LogP contribution < -0.4 is 10.2 Å². The van der Waals surface area contributed by atoms with Gasteiger partial charge in [-0.3, -0.25) is 19.5 Å². The molecule has 1 N–H and O–H groups in total. The van der Waals surface area contributed by atoms with Gasteiger partial charge in [-0.05, 0) is 31.4 Å². The first kappa shape index (κ1) is 12.1. The second-order valence-corrected chi connectivity index (χ2v) is 5.45. The Morgan fingerprint density at radius 3 is 2.68 bits per heavy atom. The molecular formula is C14H17N3O2. The van der Waals surface area contributed by atoms with Gasteiger partial charge in [-0.25, -0.2) is 0 Å². The van der Waals surface area contributed by atoms with Crippen molar-refractivity contribution in [2.45, 2.75) is 38.1 Å². The van der Waals surface area contributed by atoms with Gasteiger partial charge in [0.2, 0.25) is 5.91 Å². The van der Waals surface area contributed by atoms with Gasteiger partial charge in [0.25, 0.3) is 5.91 Å². The minimum Gasteiger partial charge on any atom is -0.340 e. The zero-order valence-corrected chi connectivity index (χ0v) is 11.0. The minimum absolute atomic E-state index is 0.0111.